The molecular formula is C23H41N3O4. The third-order valence-electron chi connectivity index (χ3n) is 6.70. The molecule has 0 spiro atoms. The highest BCUT2D eigenvalue weighted by molar-refractivity contribution is 5.88. The van der Waals surface area contributed by atoms with Gasteiger partial charge in [0.05, 0.1) is 6.61 Å². The molecule has 2 rings (SSSR count). The number of hydrogen-bond donors (Lipinski definition) is 2. The average molecular weight is 424 g/mol. The van der Waals surface area contributed by atoms with E-state index in [1.54, 1.807) is 11.8 Å². The summed E-state index contributed by atoms with van der Waals surface area (Å²) in [7, 11) is 0. The number of nitrogens with one attached hydrogen (secondary N) is 2. The molecule has 0 unspecified atom stereocenters. The van der Waals surface area contributed by atoms with E-state index in [-0.39, 0.29) is 35.8 Å². The van der Waals surface area contributed by atoms with Crippen LogP contribution in [-0.4, -0.2) is 54.6 Å². The minimum atomic E-state index is -0.525. The minimum absolute atomic E-state index is 0.0144. The SMILES string of the molecule is CCOC(=O)N1CCC(NC(=O)[C@@H](NC(=O)C2CCC(C(C)C)CC2)C(C)C)CC1. The molecule has 172 valence electrons. The Balaban J connectivity index is 1.82. The van der Waals surface area contributed by atoms with E-state index in [9.17, 15) is 14.4 Å². The third kappa shape index (κ3) is 6.88. The summed E-state index contributed by atoms with van der Waals surface area (Å²) in [5.41, 5.74) is 0. The Labute approximate surface area is 181 Å². The molecule has 7 heteroatoms. The van der Waals surface area contributed by atoms with Crippen LogP contribution in [0.5, 0.6) is 0 Å². The number of rotatable bonds is 7. The van der Waals surface area contributed by atoms with Gasteiger partial charge in [-0.25, -0.2) is 4.79 Å². The van der Waals surface area contributed by atoms with Crippen molar-refractivity contribution in [3.63, 3.8) is 0 Å². The molecule has 2 N–H and O–H groups in total. The Kier molecular flexibility index (Phi) is 9.43. The first-order valence-electron chi connectivity index (χ1n) is 11.7. The zero-order valence-corrected chi connectivity index (χ0v) is 19.4. The zero-order chi connectivity index (χ0) is 22.3. The van der Waals surface area contributed by atoms with Gasteiger partial charge in [-0.1, -0.05) is 27.7 Å². The molecule has 1 heterocycles. The molecule has 0 bridgehead atoms. The van der Waals surface area contributed by atoms with Gasteiger partial charge >= 0.3 is 6.09 Å². The fraction of sp³-hybridized carbons (Fsp3) is 0.870. The van der Waals surface area contributed by atoms with Crippen molar-refractivity contribution in [3.8, 4) is 0 Å². The van der Waals surface area contributed by atoms with Crippen molar-refractivity contribution in [1.29, 1.82) is 0 Å². The maximum absolute atomic E-state index is 12.9. The molecule has 1 atom stereocenters. The summed E-state index contributed by atoms with van der Waals surface area (Å²) in [6.07, 6.45) is 5.11. The molecule has 1 aliphatic carbocycles. The van der Waals surface area contributed by atoms with Crippen LogP contribution in [0.25, 0.3) is 0 Å². The second-order valence-electron chi connectivity index (χ2n) is 9.55. The largest absolute Gasteiger partial charge is 0.450 e. The Morgan fingerprint density at radius 1 is 0.967 bits per heavy atom. The van der Waals surface area contributed by atoms with Gasteiger partial charge in [0, 0.05) is 25.0 Å². The van der Waals surface area contributed by atoms with Crippen LogP contribution >= 0.6 is 0 Å². The molecule has 30 heavy (non-hydrogen) atoms. The smallest absolute Gasteiger partial charge is 0.409 e. The fourth-order valence-electron chi connectivity index (χ4n) is 4.57. The lowest BCUT2D eigenvalue weighted by atomic mass is 9.76. The van der Waals surface area contributed by atoms with Crippen LogP contribution in [0.4, 0.5) is 4.79 Å². The second-order valence-corrected chi connectivity index (χ2v) is 9.55. The monoisotopic (exact) mass is 423 g/mol. The van der Waals surface area contributed by atoms with Gasteiger partial charge < -0.3 is 20.3 Å². The van der Waals surface area contributed by atoms with Gasteiger partial charge in [0.15, 0.2) is 0 Å². The number of ether oxygens (including phenoxy) is 1. The average Bonchev–Trinajstić information content (AvgIpc) is 2.72. The first-order chi connectivity index (χ1) is 14.2. The first-order valence-corrected chi connectivity index (χ1v) is 11.7. The molecule has 2 aliphatic rings. The highest BCUT2D eigenvalue weighted by Crippen LogP contribution is 2.33. The van der Waals surface area contributed by atoms with Crippen molar-refractivity contribution in [2.45, 2.75) is 85.2 Å². The maximum Gasteiger partial charge on any atom is 0.409 e. The van der Waals surface area contributed by atoms with Crippen molar-refractivity contribution < 1.29 is 19.1 Å². The predicted molar refractivity (Wildman–Crippen MR) is 117 cm³/mol. The van der Waals surface area contributed by atoms with E-state index in [1.165, 1.54) is 0 Å². The van der Waals surface area contributed by atoms with Gasteiger partial charge in [0.25, 0.3) is 0 Å². The molecule has 1 saturated heterocycles. The third-order valence-corrected chi connectivity index (χ3v) is 6.70. The number of likely N-dealkylation sites (tertiary alicyclic amines) is 1. The summed E-state index contributed by atoms with van der Waals surface area (Å²) in [4.78, 5) is 39.2. The van der Waals surface area contributed by atoms with E-state index in [1.807, 2.05) is 13.8 Å². The lowest BCUT2D eigenvalue weighted by molar-refractivity contribution is -0.133. The van der Waals surface area contributed by atoms with E-state index in [2.05, 4.69) is 24.5 Å². The quantitative estimate of drug-likeness (QED) is 0.657. The maximum atomic E-state index is 12.9. The Morgan fingerprint density at radius 3 is 2.07 bits per heavy atom. The van der Waals surface area contributed by atoms with Gasteiger partial charge in [-0.2, -0.15) is 0 Å². The van der Waals surface area contributed by atoms with Crippen LogP contribution in [0.2, 0.25) is 0 Å². The Bertz CT molecular complexity index is 577. The molecule has 0 aromatic heterocycles. The molecule has 1 aliphatic heterocycles. The number of hydrogen-bond acceptors (Lipinski definition) is 4. The van der Waals surface area contributed by atoms with Crippen LogP contribution in [0.15, 0.2) is 0 Å². The van der Waals surface area contributed by atoms with Crippen LogP contribution in [0.1, 0.15) is 73.1 Å². The molecule has 2 fully saturated rings. The second kappa shape index (κ2) is 11.6. The van der Waals surface area contributed by atoms with Gasteiger partial charge in [0.2, 0.25) is 11.8 Å². The van der Waals surface area contributed by atoms with Gasteiger partial charge in [-0.15, -0.1) is 0 Å². The van der Waals surface area contributed by atoms with Crippen molar-refractivity contribution >= 4 is 17.9 Å². The summed E-state index contributed by atoms with van der Waals surface area (Å²) >= 11 is 0. The molecule has 1 saturated carbocycles. The van der Waals surface area contributed by atoms with E-state index in [4.69, 9.17) is 4.74 Å². The molecule has 0 radical (unpaired) electrons. The highest BCUT2D eigenvalue weighted by atomic mass is 16.6. The summed E-state index contributed by atoms with van der Waals surface area (Å²) in [5, 5.41) is 6.12. The molecule has 3 amide bonds. The van der Waals surface area contributed by atoms with Gasteiger partial charge in [0.1, 0.15) is 6.04 Å². The zero-order valence-electron chi connectivity index (χ0n) is 19.4. The van der Waals surface area contributed by atoms with Crippen LogP contribution < -0.4 is 10.6 Å². The minimum Gasteiger partial charge on any atom is -0.450 e. The van der Waals surface area contributed by atoms with E-state index in [0.29, 0.717) is 44.4 Å². The number of nitrogens with zero attached hydrogens (tertiary/aromatic N) is 1. The van der Waals surface area contributed by atoms with Crippen molar-refractivity contribution in [3.05, 3.63) is 0 Å². The lowest BCUT2D eigenvalue weighted by Crippen LogP contribution is -2.55. The lowest BCUT2D eigenvalue weighted by Gasteiger charge is -2.34. The first kappa shape index (κ1) is 24.5. The number of carbonyl (C=O) groups is 3. The topological polar surface area (TPSA) is 87.7 Å². The van der Waals surface area contributed by atoms with Crippen molar-refractivity contribution in [2.24, 2.45) is 23.7 Å². The Hall–Kier alpha value is -1.79. The van der Waals surface area contributed by atoms with Crippen LogP contribution in [0.3, 0.4) is 0 Å². The molecule has 0 aromatic carbocycles. The summed E-state index contributed by atoms with van der Waals surface area (Å²) in [5.74, 6) is 1.30. The molecule has 7 nitrogen and oxygen atoms in total. The fourth-order valence-corrected chi connectivity index (χ4v) is 4.57. The van der Waals surface area contributed by atoms with Crippen LogP contribution in [-0.2, 0) is 14.3 Å². The van der Waals surface area contributed by atoms with Gasteiger partial charge in [-0.3, -0.25) is 9.59 Å². The molecule has 0 aromatic rings. The number of piperidine rings is 1. The Morgan fingerprint density at radius 2 is 1.57 bits per heavy atom. The highest BCUT2D eigenvalue weighted by Gasteiger charge is 2.33. The van der Waals surface area contributed by atoms with E-state index >= 15 is 0 Å². The number of amides is 3. The van der Waals surface area contributed by atoms with Crippen molar-refractivity contribution in [1.82, 2.24) is 15.5 Å². The normalized spacial score (nSPS) is 23.9. The standard InChI is InChI=1S/C23H41N3O4/c1-6-30-23(29)26-13-11-19(12-14-26)24-22(28)20(16(4)5)25-21(27)18-9-7-17(8-10-18)15(2)3/h15-20H,6-14H2,1-5H3,(H,24,28)(H,25,27)/t17?,18?,20-/m0/s1. The predicted octanol–water partition coefficient (Wildman–Crippen LogP) is 3.33. The summed E-state index contributed by atoms with van der Waals surface area (Å²) in [6.45, 7) is 11.7. The summed E-state index contributed by atoms with van der Waals surface area (Å²) in [6, 6.07) is -0.508. The summed E-state index contributed by atoms with van der Waals surface area (Å²) < 4.78 is 5.04. The van der Waals surface area contributed by atoms with E-state index < -0.39 is 6.04 Å². The number of carbonyl (C=O) groups excluding carboxylic acids is 3. The molecular weight excluding hydrogens is 382 g/mol. The van der Waals surface area contributed by atoms with Gasteiger partial charge in [-0.05, 0) is 63.2 Å². The van der Waals surface area contributed by atoms with E-state index in [0.717, 1.165) is 25.7 Å². The van der Waals surface area contributed by atoms with Crippen LogP contribution in [0, 0.1) is 23.7 Å². The van der Waals surface area contributed by atoms with Crippen molar-refractivity contribution in [2.75, 3.05) is 19.7 Å².